The lowest BCUT2D eigenvalue weighted by Crippen LogP contribution is -2.53. The van der Waals surface area contributed by atoms with Gasteiger partial charge in [-0.3, -0.25) is 0 Å². The minimum Gasteiger partial charge on any atom is -0.382 e. The van der Waals surface area contributed by atoms with E-state index in [0.717, 1.165) is 19.3 Å². The maximum atomic E-state index is 14.0. The van der Waals surface area contributed by atoms with Crippen LogP contribution in [0, 0.1) is 0 Å². The molecule has 3 atom stereocenters. The van der Waals surface area contributed by atoms with Crippen LogP contribution in [0.3, 0.4) is 0 Å². The summed E-state index contributed by atoms with van der Waals surface area (Å²) in [5.41, 5.74) is 0. The van der Waals surface area contributed by atoms with E-state index in [9.17, 15) is 4.39 Å². The zero-order chi connectivity index (χ0) is 10.0. The molecule has 2 rings (SSSR count). The van der Waals surface area contributed by atoms with E-state index in [1.54, 1.807) is 7.11 Å². The summed E-state index contributed by atoms with van der Waals surface area (Å²) < 4.78 is 29.9. The standard InChI is InChI=1S/C10H17FO3/c1-12-6-8-7-13-10(11)5-3-2-4-9(10)14-8/h8-9H,2-7H2,1H3. The van der Waals surface area contributed by atoms with Gasteiger partial charge >= 0.3 is 0 Å². The summed E-state index contributed by atoms with van der Waals surface area (Å²) in [6.45, 7) is 0.785. The number of halogens is 1. The van der Waals surface area contributed by atoms with E-state index in [2.05, 4.69) is 0 Å². The molecule has 1 aliphatic carbocycles. The first kappa shape index (κ1) is 10.3. The van der Waals surface area contributed by atoms with Crippen LogP contribution in [0.4, 0.5) is 4.39 Å². The van der Waals surface area contributed by atoms with Crippen LogP contribution in [0.1, 0.15) is 25.7 Å². The van der Waals surface area contributed by atoms with Gasteiger partial charge in [0.05, 0.1) is 13.2 Å². The summed E-state index contributed by atoms with van der Waals surface area (Å²) in [6.07, 6.45) is 2.66. The number of hydrogen-bond acceptors (Lipinski definition) is 3. The lowest BCUT2D eigenvalue weighted by molar-refractivity contribution is -0.305. The maximum Gasteiger partial charge on any atom is 0.235 e. The fourth-order valence-corrected chi connectivity index (χ4v) is 2.18. The van der Waals surface area contributed by atoms with Gasteiger partial charge in [0.15, 0.2) is 0 Å². The molecule has 0 aromatic rings. The fraction of sp³-hybridized carbons (Fsp3) is 1.00. The average molecular weight is 204 g/mol. The van der Waals surface area contributed by atoms with Gasteiger partial charge in [0.2, 0.25) is 5.85 Å². The van der Waals surface area contributed by atoms with Crippen LogP contribution in [-0.4, -0.2) is 38.4 Å². The van der Waals surface area contributed by atoms with Gasteiger partial charge in [0, 0.05) is 13.5 Å². The number of methoxy groups -OCH3 is 1. The molecule has 1 aliphatic heterocycles. The molecule has 1 saturated heterocycles. The lowest BCUT2D eigenvalue weighted by atomic mass is 9.91. The van der Waals surface area contributed by atoms with Gasteiger partial charge in [-0.2, -0.15) is 0 Å². The Morgan fingerprint density at radius 1 is 1.50 bits per heavy atom. The third-order valence-electron chi connectivity index (χ3n) is 2.93. The molecule has 2 fully saturated rings. The van der Waals surface area contributed by atoms with Crippen molar-refractivity contribution in [3.8, 4) is 0 Å². The summed E-state index contributed by atoms with van der Waals surface area (Å²) in [5.74, 6) is -1.53. The topological polar surface area (TPSA) is 27.7 Å². The monoisotopic (exact) mass is 204 g/mol. The van der Waals surface area contributed by atoms with Crippen LogP contribution in [-0.2, 0) is 14.2 Å². The van der Waals surface area contributed by atoms with Gasteiger partial charge in [-0.15, -0.1) is 0 Å². The second-order valence-corrected chi connectivity index (χ2v) is 4.05. The zero-order valence-electron chi connectivity index (χ0n) is 8.50. The molecule has 0 spiro atoms. The first-order chi connectivity index (χ1) is 6.74. The number of rotatable bonds is 2. The highest BCUT2D eigenvalue weighted by molar-refractivity contribution is 4.88. The van der Waals surface area contributed by atoms with Crippen LogP contribution in [0.25, 0.3) is 0 Å². The van der Waals surface area contributed by atoms with Crippen molar-refractivity contribution < 1.29 is 18.6 Å². The maximum absolute atomic E-state index is 14.0. The molecule has 0 radical (unpaired) electrons. The van der Waals surface area contributed by atoms with Gasteiger partial charge < -0.3 is 14.2 Å². The molecule has 2 aliphatic rings. The lowest BCUT2D eigenvalue weighted by Gasteiger charge is -2.43. The molecule has 1 saturated carbocycles. The van der Waals surface area contributed by atoms with Crippen molar-refractivity contribution in [2.24, 2.45) is 0 Å². The van der Waals surface area contributed by atoms with E-state index in [1.807, 2.05) is 0 Å². The summed E-state index contributed by atoms with van der Waals surface area (Å²) in [7, 11) is 1.61. The third-order valence-corrected chi connectivity index (χ3v) is 2.93. The van der Waals surface area contributed by atoms with Crippen LogP contribution in [0.5, 0.6) is 0 Å². The minimum atomic E-state index is -1.53. The highest BCUT2D eigenvalue weighted by Gasteiger charge is 2.47. The second-order valence-electron chi connectivity index (χ2n) is 4.05. The molecule has 82 valence electrons. The molecule has 4 heteroatoms. The Bertz CT molecular complexity index is 200. The van der Waals surface area contributed by atoms with E-state index in [4.69, 9.17) is 14.2 Å². The molecule has 14 heavy (non-hydrogen) atoms. The first-order valence-electron chi connectivity index (χ1n) is 5.22. The molecular formula is C10H17FO3. The van der Waals surface area contributed by atoms with Crippen molar-refractivity contribution in [2.75, 3.05) is 20.3 Å². The largest absolute Gasteiger partial charge is 0.382 e. The van der Waals surface area contributed by atoms with Crippen LogP contribution < -0.4 is 0 Å². The summed E-state index contributed by atoms with van der Waals surface area (Å²) in [6, 6.07) is 0. The highest BCUT2D eigenvalue weighted by Crippen LogP contribution is 2.38. The molecule has 0 aromatic heterocycles. The predicted molar refractivity (Wildman–Crippen MR) is 48.8 cm³/mol. The van der Waals surface area contributed by atoms with E-state index in [1.165, 1.54) is 0 Å². The van der Waals surface area contributed by atoms with Crippen molar-refractivity contribution in [2.45, 2.75) is 43.7 Å². The van der Waals surface area contributed by atoms with Crippen molar-refractivity contribution in [1.82, 2.24) is 0 Å². The molecule has 0 aromatic carbocycles. The molecule has 0 bridgehead atoms. The number of alkyl halides is 1. The Morgan fingerprint density at radius 3 is 3.14 bits per heavy atom. The van der Waals surface area contributed by atoms with Crippen LogP contribution in [0.15, 0.2) is 0 Å². The van der Waals surface area contributed by atoms with E-state index >= 15 is 0 Å². The quantitative estimate of drug-likeness (QED) is 0.684. The minimum absolute atomic E-state index is 0.105. The molecular weight excluding hydrogens is 187 g/mol. The fourth-order valence-electron chi connectivity index (χ4n) is 2.18. The molecule has 3 nitrogen and oxygen atoms in total. The first-order valence-corrected chi connectivity index (χ1v) is 5.22. The van der Waals surface area contributed by atoms with Gasteiger partial charge in [-0.25, -0.2) is 4.39 Å². The Kier molecular flexibility index (Phi) is 3.04. The Balaban J connectivity index is 1.95. The molecule has 0 amide bonds. The van der Waals surface area contributed by atoms with Gasteiger partial charge in [0.25, 0.3) is 0 Å². The van der Waals surface area contributed by atoms with Crippen molar-refractivity contribution >= 4 is 0 Å². The number of ether oxygens (including phenoxy) is 3. The Morgan fingerprint density at radius 2 is 2.36 bits per heavy atom. The summed E-state index contributed by atoms with van der Waals surface area (Å²) >= 11 is 0. The molecule has 0 N–H and O–H groups in total. The van der Waals surface area contributed by atoms with Crippen molar-refractivity contribution in [1.29, 1.82) is 0 Å². The van der Waals surface area contributed by atoms with Gasteiger partial charge in [-0.1, -0.05) is 6.42 Å². The van der Waals surface area contributed by atoms with Crippen molar-refractivity contribution in [3.63, 3.8) is 0 Å². The smallest absolute Gasteiger partial charge is 0.235 e. The molecule has 1 heterocycles. The highest BCUT2D eigenvalue weighted by atomic mass is 19.2. The Hall–Kier alpha value is -0.190. The summed E-state index contributed by atoms with van der Waals surface area (Å²) in [4.78, 5) is 0. The number of fused-ring (bicyclic) bond motifs is 1. The van der Waals surface area contributed by atoms with Crippen molar-refractivity contribution in [3.05, 3.63) is 0 Å². The SMILES string of the molecule is COCC1COC2(F)CCCCC2O1. The zero-order valence-corrected chi connectivity index (χ0v) is 8.50. The molecule has 3 unspecified atom stereocenters. The van der Waals surface area contributed by atoms with E-state index in [0.29, 0.717) is 19.6 Å². The van der Waals surface area contributed by atoms with E-state index in [-0.39, 0.29) is 12.2 Å². The third kappa shape index (κ3) is 1.92. The second kappa shape index (κ2) is 4.13. The Labute approximate surface area is 83.5 Å². The van der Waals surface area contributed by atoms with Gasteiger partial charge in [-0.05, 0) is 12.8 Å². The van der Waals surface area contributed by atoms with E-state index < -0.39 is 5.85 Å². The van der Waals surface area contributed by atoms with Crippen LogP contribution >= 0.6 is 0 Å². The average Bonchev–Trinajstić information content (AvgIpc) is 2.19. The number of hydrogen-bond donors (Lipinski definition) is 0. The normalized spacial score (nSPS) is 43.3. The van der Waals surface area contributed by atoms with Crippen LogP contribution in [0.2, 0.25) is 0 Å². The predicted octanol–water partition coefficient (Wildman–Crippen LogP) is 1.66. The summed E-state index contributed by atoms with van der Waals surface area (Å²) in [5, 5.41) is 0. The van der Waals surface area contributed by atoms with Gasteiger partial charge in [0.1, 0.15) is 12.2 Å².